The van der Waals surface area contributed by atoms with Gasteiger partial charge in [-0.05, 0) is 31.9 Å². The lowest BCUT2D eigenvalue weighted by Crippen LogP contribution is -2.60. The van der Waals surface area contributed by atoms with Crippen LogP contribution in [0.2, 0.25) is 5.02 Å². The number of ether oxygens (including phenoxy) is 1. The van der Waals surface area contributed by atoms with Crippen LogP contribution in [0.5, 0.6) is 0 Å². The molecule has 1 aromatic rings. The van der Waals surface area contributed by atoms with Crippen molar-refractivity contribution in [3.8, 4) is 0 Å². The van der Waals surface area contributed by atoms with Crippen LogP contribution < -0.4 is 5.32 Å². The number of benzene rings is 1. The SMILES string of the molecule is C[C@@H]1NC2(CCN(C(=O)c3ccccc3Cl)CC2)N(C[C@H]2CCCO2)C1=O. The van der Waals surface area contributed by atoms with Crippen molar-refractivity contribution >= 4 is 23.4 Å². The van der Waals surface area contributed by atoms with Crippen molar-refractivity contribution in [1.29, 1.82) is 0 Å². The second-order valence-corrected chi connectivity index (χ2v) is 8.16. The Labute approximate surface area is 164 Å². The maximum Gasteiger partial charge on any atom is 0.255 e. The second-order valence-electron chi connectivity index (χ2n) is 7.75. The lowest BCUT2D eigenvalue weighted by Gasteiger charge is -2.45. The van der Waals surface area contributed by atoms with Gasteiger partial charge in [0.25, 0.3) is 5.91 Å². The van der Waals surface area contributed by atoms with Crippen molar-refractivity contribution in [3.05, 3.63) is 34.9 Å². The summed E-state index contributed by atoms with van der Waals surface area (Å²) >= 11 is 6.19. The number of carbonyl (C=O) groups is 2. The first kappa shape index (κ1) is 18.7. The summed E-state index contributed by atoms with van der Waals surface area (Å²) in [5, 5.41) is 3.99. The average Bonchev–Trinajstić information content (AvgIpc) is 3.26. The standard InChI is InChI=1S/C20H26ClN3O3/c1-14-18(25)24(13-15-5-4-12-27-15)20(22-14)8-10-23(11-9-20)19(26)16-6-2-3-7-17(16)21/h2-3,6-7,14-15,22H,4-5,8-13H2,1H3/t14-,15+/m0/s1. The van der Waals surface area contributed by atoms with E-state index in [4.69, 9.17) is 16.3 Å². The topological polar surface area (TPSA) is 61.9 Å². The van der Waals surface area contributed by atoms with Crippen molar-refractivity contribution in [2.24, 2.45) is 0 Å². The van der Waals surface area contributed by atoms with E-state index >= 15 is 0 Å². The third-order valence-electron chi connectivity index (χ3n) is 6.03. The summed E-state index contributed by atoms with van der Waals surface area (Å²) in [5.74, 6) is 0.0925. The Morgan fingerprint density at radius 2 is 2.07 bits per heavy atom. The van der Waals surface area contributed by atoms with Gasteiger partial charge < -0.3 is 14.5 Å². The van der Waals surface area contributed by atoms with Crippen LogP contribution in [0.3, 0.4) is 0 Å². The van der Waals surface area contributed by atoms with E-state index in [-0.39, 0.29) is 29.6 Å². The van der Waals surface area contributed by atoms with E-state index in [2.05, 4.69) is 5.32 Å². The summed E-state index contributed by atoms with van der Waals surface area (Å²) in [7, 11) is 0. The Hall–Kier alpha value is -1.63. The quantitative estimate of drug-likeness (QED) is 0.858. The number of likely N-dealkylation sites (tertiary alicyclic amines) is 1. The van der Waals surface area contributed by atoms with E-state index in [1.54, 1.807) is 12.1 Å². The molecule has 2 atom stereocenters. The van der Waals surface area contributed by atoms with Crippen LogP contribution in [0.4, 0.5) is 0 Å². The lowest BCUT2D eigenvalue weighted by molar-refractivity contribution is -0.135. The number of amides is 2. The second kappa shape index (κ2) is 7.41. The van der Waals surface area contributed by atoms with Gasteiger partial charge in [-0.2, -0.15) is 0 Å². The number of hydrogen-bond donors (Lipinski definition) is 1. The third-order valence-corrected chi connectivity index (χ3v) is 6.36. The zero-order valence-electron chi connectivity index (χ0n) is 15.6. The van der Waals surface area contributed by atoms with Gasteiger partial charge in [0.15, 0.2) is 0 Å². The molecule has 3 heterocycles. The minimum atomic E-state index is -0.375. The summed E-state index contributed by atoms with van der Waals surface area (Å²) in [5.41, 5.74) is 0.162. The fourth-order valence-electron chi connectivity index (χ4n) is 4.54. The molecule has 7 heteroatoms. The zero-order valence-corrected chi connectivity index (χ0v) is 16.4. The molecule has 1 N–H and O–H groups in total. The molecule has 3 aliphatic heterocycles. The molecule has 2 amide bonds. The first-order valence-corrected chi connectivity index (χ1v) is 10.1. The number of piperidine rings is 1. The number of nitrogens with zero attached hydrogens (tertiary/aromatic N) is 2. The van der Waals surface area contributed by atoms with E-state index in [0.717, 1.165) is 19.4 Å². The van der Waals surface area contributed by atoms with Crippen molar-refractivity contribution in [2.75, 3.05) is 26.2 Å². The Bertz CT molecular complexity index is 727. The van der Waals surface area contributed by atoms with Gasteiger partial charge in [0.05, 0.1) is 28.4 Å². The third kappa shape index (κ3) is 3.46. The van der Waals surface area contributed by atoms with Crippen molar-refractivity contribution in [1.82, 2.24) is 15.1 Å². The maximum atomic E-state index is 12.8. The summed E-state index contributed by atoms with van der Waals surface area (Å²) in [6.07, 6.45) is 3.62. The molecule has 3 aliphatic rings. The molecule has 3 saturated heterocycles. The van der Waals surface area contributed by atoms with Crippen LogP contribution in [0.15, 0.2) is 24.3 Å². The molecular formula is C20H26ClN3O3. The predicted octanol–water partition coefficient (Wildman–Crippen LogP) is 2.27. The Morgan fingerprint density at radius 3 is 2.74 bits per heavy atom. The molecule has 6 nitrogen and oxygen atoms in total. The van der Waals surface area contributed by atoms with Crippen LogP contribution in [-0.4, -0.2) is 65.7 Å². The fourth-order valence-corrected chi connectivity index (χ4v) is 4.76. The van der Waals surface area contributed by atoms with Crippen molar-refractivity contribution < 1.29 is 14.3 Å². The van der Waals surface area contributed by atoms with E-state index in [9.17, 15) is 9.59 Å². The molecule has 146 valence electrons. The number of rotatable bonds is 3. The van der Waals surface area contributed by atoms with Crippen molar-refractivity contribution in [2.45, 2.75) is 50.4 Å². The lowest BCUT2D eigenvalue weighted by atomic mass is 9.94. The van der Waals surface area contributed by atoms with E-state index in [0.29, 0.717) is 43.1 Å². The minimum Gasteiger partial charge on any atom is -0.376 e. The molecule has 1 aromatic carbocycles. The van der Waals surface area contributed by atoms with Gasteiger partial charge in [-0.25, -0.2) is 0 Å². The Balaban J connectivity index is 1.46. The van der Waals surface area contributed by atoms with Crippen LogP contribution in [0.25, 0.3) is 0 Å². The van der Waals surface area contributed by atoms with Gasteiger partial charge >= 0.3 is 0 Å². The highest BCUT2D eigenvalue weighted by Gasteiger charge is 2.51. The molecule has 3 fully saturated rings. The number of carbonyl (C=O) groups excluding carboxylic acids is 2. The first-order chi connectivity index (χ1) is 13.0. The van der Waals surface area contributed by atoms with E-state index < -0.39 is 0 Å². The van der Waals surface area contributed by atoms with Gasteiger partial charge in [0, 0.05) is 39.1 Å². The summed E-state index contributed by atoms with van der Waals surface area (Å²) in [6, 6.07) is 6.95. The van der Waals surface area contributed by atoms with Gasteiger partial charge in [-0.1, -0.05) is 23.7 Å². The molecule has 27 heavy (non-hydrogen) atoms. The largest absolute Gasteiger partial charge is 0.376 e. The molecule has 0 aliphatic carbocycles. The van der Waals surface area contributed by atoms with Crippen LogP contribution >= 0.6 is 11.6 Å². The average molecular weight is 392 g/mol. The van der Waals surface area contributed by atoms with E-state index in [1.807, 2.05) is 28.9 Å². The van der Waals surface area contributed by atoms with Gasteiger partial charge in [0.2, 0.25) is 5.91 Å². The van der Waals surface area contributed by atoms with Crippen molar-refractivity contribution in [3.63, 3.8) is 0 Å². The van der Waals surface area contributed by atoms with Crippen LogP contribution in [-0.2, 0) is 9.53 Å². The molecule has 0 bridgehead atoms. The highest BCUT2D eigenvalue weighted by molar-refractivity contribution is 6.33. The number of hydrogen-bond acceptors (Lipinski definition) is 4. The number of nitrogens with one attached hydrogen (secondary N) is 1. The van der Waals surface area contributed by atoms with Crippen LogP contribution in [0.1, 0.15) is 43.0 Å². The van der Waals surface area contributed by atoms with Gasteiger partial charge in [-0.3, -0.25) is 14.9 Å². The summed E-state index contributed by atoms with van der Waals surface area (Å²) < 4.78 is 5.76. The monoisotopic (exact) mass is 391 g/mol. The number of halogens is 1. The maximum absolute atomic E-state index is 12.8. The summed E-state index contributed by atoms with van der Waals surface area (Å²) in [4.78, 5) is 29.4. The molecule has 0 radical (unpaired) electrons. The van der Waals surface area contributed by atoms with E-state index in [1.165, 1.54) is 0 Å². The van der Waals surface area contributed by atoms with Gasteiger partial charge in [-0.15, -0.1) is 0 Å². The molecule has 0 unspecified atom stereocenters. The molecular weight excluding hydrogens is 366 g/mol. The first-order valence-electron chi connectivity index (χ1n) is 9.75. The smallest absolute Gasteiger partial charge is 0.255 e. The molecule has 1 spiro atoms. The highest BCUT2D eigenvalue weighted by Crippen LogP contribution is 2.34. The minimum absolute atomic E-state index is 0.0431. The summed E-state index contributed by atoms with van der Waals surface area (Å²) in [6.45, 7) is 4.52. The zero-order chi connectivity index (χ0) is 19.0. The van der Waals surface area contributed by atoms with Crippen LogP contribution in [0, 0.1) is 0 Å². The fraction of sp³-hybridized carbons (Fsp3) is 0.600. The molecule has 4 rings (SSSR count). The van der Waals surface area contributed by atoms with Gasteiger partial charge in [0.1, 0.15) is 0 Å². The Kier molecular flexibility index (Phi) is 5.14. The Morgan fingerprint density at radius 1 is 1.33 bits per heavy atom. The highest BCUT2D eigenvalue weighted by atomic mass is 35.5. The molecule has 0 saturated carbocycles. The predicted molar refractivity (Wildman–Crippen MR) is 103 cm³/mol. The molecule has 0 aromatic heterocycles. The normalized spacial score (nSPS) is 27.6.